The Hall–Kier alpha value is -0.370. The molecule has 0 aromatic heterocycles. The molecular weight excluding hydrogens is 186 g/mol. The zero-order valence-electron chi connectivity index (χ0n) is 10.6. The minimum atomic E-state index is 0.157. The van der Waals surface area contributed by atoms with Crippen molar-refractivity contribution in [1.82, 2.24) is 0 Å². The zero-order valence-corrected chi connectivity index (χ0v) is 10.6. The Balaban J connectivity index is 3.70. The molecule has 0 fully saturated rings. The van der Waals surface area contributed by atoms with Gasteiger partial charge in [0.1, 0.15) is 5.78 Å². The summed E-state index contributed by atoms with van der Waals surface area (Å²) in [5, 5.41) is 0. The fourth-order valence-electron chi connectivity index (χ4n) is 1.76. The molecule has 2 heteroatoms. The highest BCUT2D eigenvalue weighted by molar-refractivity contribution is 5.78. The van der Waals surface area contributed by atoms with Gasteiger partial charge in [0.05, 0.1) is 0 Å². The molecule has 2 atom stereocenters. The SMILES string of the molecule is CCCCC(CC)CC(=O)CCC(C)N. The van der Waals surface area contributed by atoms with Crippen LogP contribution in [0.2, 0.25) is 0 Å². The Bertz CT molecular complexity index is 166. The first kappa shape index (κ1) is 14.6. The monoisotopic (exact) mass is 213 g/mol. The lowest BCUT2D eigenvalue weighted by Crippen LogP contribution is -2.17. The minimum absolute atomic E-state index is 0.157. The smallest absolute Gasteiger partial charge is 0.133 e. The number of carbonyl (C=O) groups excluding carboxylic acids is 1. The molecule has 0 aromatic rings. The molecule has 0 radical (unpaired) electrons. The fraction of sp³-hybridized carbons (Fsp3) is 0.923. The van der Waals surface area contributed by atoms with E-state index in [0.29, 0.717) is 18.1 Å². The average molecular weight is 213 g/mol. The van der Waals surface area contributed by atoms with Crippen LogP contribution in [-0.2, 0) is 4.79 Å². The minimum Gasteiger partial charge on any atom is -0.328 e. The molecule has 0 aromatic carbocycles. The van der Waals surface area contributed by atoms with Crippen molar-refractivity contribution in [3.8, 4) is 0 Å². The largest absolute Gasteiger partial charge is 0.328 e. The van der Waals surface area contributed by atoms with E-state index in [4.69, 9.17) is 5.73 Å². The molecule has 0 heterocycles. The first-order valence-electron chi connectivity index (χ1n) is 6.37. The van der Waals surface area contributed by atoms with Crippen molar-refractivity contribution in [3.63, 3.8) is 0 Å². The standard InChI is InChI=1S/C13H27NO/c1-4-6-7-12(5-2)10-13(15)9-8-11(3)14/h11-12H,4-10,14H2,1-3H3. The third-order valence-electron chi connectivity index (χ3n) is 2.94. The van der Waals surface area contributed by atoms with Crippen molar-refractivity contribution in [2.75, 3.05) is 0 Å². The number of unbranched alkanes of at least 4 members (excludes halogenated alkanes) is 1. The number of ketones is 1. The molecule has 2 nitrogen and oxygen atoms in total. The number of nitrogens with two attached hydrogens (primary N) is 1. The first-order chi connectivity index (χ1) is 7.10. The Labute approximate surface area is 94.6 Å². The Kier molecular flexibility index (Phi) is 8.68. The van der Waals surface area contributed by atoms with Crippen LogP contribution in [0.1, 0.15) is 65.7 Å². The van der Waals surface area contributed by atoms with E-state index in [2.05, 4.69) is 13.8 Å². The van der Waals surface area contributed by atoms with Crippen LogP contribution in [0.5, 0.6) is 0 Å². The lowest BCUT2D eigenvalue weighted by molar-refractivity contribution is -0.120. The lowest BCUT2D eigenvalue weighted by atomic mass is 9.92. The predicted molar refractivity (Wildman–Crippen MR) is 65.8 cm³/mol. The highest BCUT2D eigenvalue weighted by Crippen LogP contribution is 2.18. The summed E-state index contributed by atoms with van der Waals surface area (Å²) < 4.78 is 0. The molecule has 0 bridgehead atoms. The van der Waals surface area contributed by atoms with Crippen molar-refractivity contribution in [1.29, 1.82) is 0 Å². The van der Waals surface area contributed by atoms with Gasteiger partial charge in [0, 0.05) is 18.9 Å². The summed E-state index contributed by atoms with van der Waals surface area (Å²) in [6.45, 7) is 6.34. The molecule has 0 aliphatic heterocycles. The van der Waals surface area contributed by atoms with E-state index >= 15 is 0 Å². The van der Waals surface area contributed by atoms with Gasteiger partial charge >= 0.3 is 0 Å². The maximum Gasteiger partial charge on any atom is 0.133 e. The van der Waals surface area contributed by atoms with Gasteiger partial charge < -0.3 is 5.73 Å². The van der Waals surface area contributed by atoms with Gasteiger partial charge in [-0.1, -0.05) is 39.5 Å². The molecule has 2 unspecified atom stereocenters. The Morgan fingerprint density at radius 3 is 2.40 bits per heavy atom. The lowest BCUT2D eigenvalue weighted by Gasteiger charge is -2.13. The number of carbonyl (C=O) groups is 1. The molecule has 0 spiro atoms. The maximum absolute atomic E-state index is 11.6. The van der Waals surface area contributed by atoms with Crippen LogP contribution in [0, 0.1) is 5.92 Å². The van der Waals surface area contributed by atoms with Gasteiger partial charge in [0.25, 0.3) is 0 Å². The van der Waals surface area contributed by atoms with Crippen LogP contribution in [0.15, 0.2) is 0 Å². The summed E-state index contributed by atoms with van der Waals surface area (Å²) >= 11 is 0. The van der Waals surface area contributed by atoms with E-state index < -0.39 is 0 Å². The van der Waals surface area contributed by atoms with Gasteiger partial charge in [0.2, 0.25) is 0 Å². The van der Waals surface area contributed by atoms with E-state index in [0.717, 1.165) is 19.3 Å². The summed E-state index contributed by atoms with van der Waals surface area (Å²) in [6, 6.07) is 0.157. The normalized spacial score (nSPS) is 14.9. The van der Waals surface area contributed by atoms with Crippen molar-refractivity contribution in [3.05, 3.63) is 0 Å². The van der Waals surface area contributed by atoms with E-state index in [1.54, 1.807) is 0 Å². The fourth-order valence-corrected chi connectivity index (χ4v) is 1.76. The second-order valence-corrected chi connectivity index (χ2v) is 4.68. The maximum atomic E-state index is 11.6. The number of Topliss-reactive ketones (excluding diaryl/α,β-unsaturated/α-hetero) is 1. The highest BCUT2D eigenvalue weighted by Gasteiger charge is 2.11. The molecule has 0 saturated carbocycles. The zero-order chi connectivity index (χ0) is 11.7. The van der Waals surface area contributed by atoms with Gasteiger partial charge in [-0.3, -0.25) is 4.79 Å². The van der Waals surface area contributed by atoms with E-state index in [1.807, 2.05) is 6.92 Å². The summed E-state index contributed by atoms with van der Waals surface area (Å²) in [7, 11) is 0. The molecule has 0 aliphatic rings. The molecule has 90 valence electrons. The Morgan fingerprint density at radius 1 is 1.27 bits per heavy atom. The van der Waals surface area contributed by atoms with Crippen LogP contribution in [0.4, 0.5) is 0 Å². The van der Waals surface area contributed by atoms with Crippen LogP contribution >= 0.6 is 0 Å². The van der Waals surface area contributed by atoms with E-state index in [1.165, 1.54) is 19.3 Å². The molecule has 0 aliphatic carbocycles. The first-order valence-corrected chi connectivity index (χ1v) is 6.37. The number of hydrogen-bond acceptors (Lipinski definition) is 2. The van der Waals surface area contributed by atoms with Crippen molar-refractivity contribution >= 4 is 5.78 Å². The Morgan fingerprint density at radius 2 is 1.93 bits per heavy atom. The van der Waals surface area contributed by atoms with Gasteiger partial charge in [-0.2, -0.15) is 0 Å². The van der Waals surface area contributed by atoms with Crippen LogP contribution in [-0.4, -0.2) is 11.8 Å². The molecule has 15 heavy (non-hydrogen) atoms. The summed E-state index contributed by atoms with van der Waals surface area (Å²) in [4.78, 5) is 11.6. The van der Waals surface area contributed by atoms with Gasteiger partial charge in [0.15, 0.2) is 0 Å². The second kappa shape index (κ2) is 8.90. The van der Waals surface area contributed by atoms with E-state index in [9.17, 15) is 4.79 Å². The van der Waals surface area contributed by atoms with Crippen molar-refractivity contribution in [2.45, 2.75) is 71.8 Å². The number of hydrogen-bond donors (Lipinski definition) is 1. The molecule has 0 amide bonds. The number of rotatable bonds is 9. The quantitative estimate of drug-likeness (QED) is 0.638. The highest BCUT2D eigenvalue weighted by atomic mass is 16.1. The van der Waals surface area contributed by atoms with Crippen molar-refractivity contribution in [2.24, 2.45) is 11.7 Å². The van der Waals surface area contributed by atoms with Gasteiger partial charge in [-0.05, 0) is 19.3 Å². The van der Waals surface area contributed by atoms with Gasteiger partial charge in [-0.25, -0.2) is 0 Å². The summed E-state index contributed by atoms with van der Waals surface area (Å²) in [5.74, 6) is 1.00. The summed E-state index contributed by atoms with van der Waals surface area (Å²) in [6.07, 6.45) is 7.08. The molecular formula is C13H27NO. The van der Waals surface area contributed by atoms with E-state index in [-0.39, 0.29) is 6.04 Å². The second-order valence-electron chi connectivity index (χ2n) is 4.68. The van der Waals surface area contributed by atoms with Crippen LogP contribution in [0.25, 0.3) is 0 Å². The van der Waals surface area contributed by atoms with Crippen LogP contribution < -0.4 is 5.73 Å². The predicted octanol–water partition coefficient (Wildman–Crippen LogP) is 3.29. The summed E-state index contributed by atoms with van der Waals surface area (Å²) in [5.41, 5.74) is 5.63. The molecule has 2 N–H and O–H groups in total. The van der Waals surface area contributed by atoms with Crippen molar-refractivity contribution < 1.29 is 4.79 Å². The topological polar surface area (TPSA) is 43.1 Å². The van der Waals surface area contributed by atoms with Gasteiger partial charge in [-0.15, -0.1) is 0 Å². The average Bonchev–Trinajstić information content (AvgIpc) is 2.21. The third kappa shape index (κ3) is 8.61. The molecule has 0 rings (SSSR count). The third-order valence-corrected chi connectivity index (χ3v) is 2.94. The molecule has 0 saturated heterocycles. The van der Waals surface area contributed by atoms with Crippen LogP contribution in [0.3, 0.4) is 0 Å².